The molecule has 5 nitrogen and oxygen atoms in total. The number of carbonyl (C=O) groups excluding carboxylic acids is 2. The van der Waals surface area contributed by atoms with Crippen molar-refractivity contribution in [1.82, 2.24) is 10.2 Å². The number of carbonyl (C=O) groups is 2. The van der Waals surface area contributed by atoms with E-state index in [1.165, 1.54) is 0 Å². The minimum atomic E-state index is -0.255. The zero-order valence-electron chi connectivity index (χ0n) is 10.4. The van der Waals surface area contributed by atoms with Gasteiger partial charge in [0.1, 0.15) is 0 Å². The molecule has 0 aliphatic carbocycles. The van der Waals surface area contributed by atoms with Crippen LogP contribution in [0.25, 0.3) is 0 Å². The van der Waals surface area contributed by atoms with Gasteiger partial charge in [0.25, 0.3) is 5.91 Å². The second-order valence-electron chi connectivity index (χ2n) is 4.16. The Labute approximate surface area is 120 Å². The van der Waals surface area contributed by atoms with Gasteiger partial charge in [0.15, 0.2) is 0 Å². The van der Waals surface area contributed by atoms with Gasteiger partial charge in [-0.1, -0.05) is 12.1 Å². The molecule has 1 aliphatic rings. The van der Waals surface area contributed by atoms with E-state index in [4.69, 9.17) is 4.74 Å². The molecule has 1 fully saturated rings. The van der Waals surface area contributed by atoms with Gasteiger partial charge >= 0.3 is 0 Å². The second-order valence-corrected chi connectivity index (χ2v) is 5.01. The molecular formula is C13H15BrN2O3. The summed E-state index contributed by atoms with van der Waals surface area (Å²) in [7, 11) is 0. The van der Waals surface area contributed by atoms with Gasteiger partial charge in [0.05, 0.1) is 25.3 Å². The van der Waals surface area contributed by atoms with Crippen molar-refractivity contribution >= 4 is 27.7 Å². The molecule has 102 valence electrons. The molecule has 1 aromatic rings. The number of morpholine rings is 1. The SMILES string of the molecule is O=C(NCC(=O)N1CCOCC1)c1ccccc1Br. The zero-order chi connectivity index (χ0) is 13.7. The minimum absolute atomic E-state index is 0.0141. The molecule has 2 amide bonds. The average molecular weight is 327 g/mol. The van der Waals surface area contributed by atoms with Gasteiger partial charge in [-0.05, 0) is 28.1 Å². The third-order valence-electron chi connectivity index (χ3n) is 2.88. The highest BCUT2D eigenvalue weighted by atomic mass is 79.9. The first kappa shape index (κ1) is 14.0. The van der Waals surface area contributed by atoms with E-state index in [1.54, 1.807) is 23.1 Å². The van der Waals surface area contributed by atoms with Crippen molar-refractivity contribution in [2.24, 2.45) is 0 Å². The lowest BCUT2D eigenvalue weighted by molar-refractivity contribution is -0.134. The molecule has 0 unspecified atom stereocenters. The number of amides is 2. The van der Waals surface area contributed by atoms with Gasteiger partial charge in [-0.2, -0.15) is 0 Å². The molecule has 1 aliphatic heterocycles. The molecule has 0 atom stereocenters. The maximum absolute atomic E-state index is 11.9. The predicted octanol–water partition coefficient (Wildman–Crippen LogP) is 1.04. The van der Waals surface area contributed by atoms with Crippen LogP contribution in [0.5, 0.6) is 0 Å². The van der Waals surface area contributed by atoms with Crippen molar-refractivity contribution in [2.45, 2.75) is 0 Å². The fourth-order valence-corrected chi connectivity index (χ4v) is 2.29. The number of rotatable bonds is 3. The standard InChI is InChI=1S/C13H15BrN2O3/c14-11-4-2-1-3-10(11)13(18)15-9-12(17)16-5-7-19-8-6-16/h1-4H,5-9H2,(H,15,18). The number of benzene rings is 1. The number of nitrogens with one attached hydrogen (secondary N) is 1. The summed E-state index contributed by atoms with van der Waals surface area (Å²) in [5, 5.41) is 2.64. The van der Waals surface area contributed by atoms with E-state index in [0.717, 1.165) is 0 Å². The van der Waals surface area contributed by atoms with Crippen molar-refractivity contribution in [2.75, 3.05) is 32.8 Å². The summed E-state index contributed by atoms with van der Waals surface area (Å²) >= 11 is 3.31. The van der Waals surface area contributed by atoms with Crippen LogP contribution >= 0.6 is 15.9 Å². The number of hydrogen-bond acceptors (Lipinski definition) is 3. The van der Waals surface area contributed by atoms with E-state index in [1.807, 2.05) is 6.07 Å². The Morgan fingerprint density at radius 1 is 1.26 bits per heavy atom. The maximum atomic E-state index is 11.9. The summed E-state index contributed by atoms with van der Waals surface area (Å²) in [6.07, 6.45) is 0. The summed E-state index contributed by atoms with van der Waals surface area (Å²) < 4.78 is 5.89. The molecule has 0 radical (unpaired) electrons. The van der Waals surface area contributed by atoms with Gasteiger partial charge in [-0.3, -0.25) is 9.59 Å². The lowest BCUT2D eigenvalue weighted by atomic mass is 10.2. The summed E-state index contributed by atoms with van der Waals surface area (Å²) in [5.41, 5.74) is 0.525. The Kier molecular flexibility index (Phi) is 4.93. The third-order valence-corrected chi connectivity index (χ3v) is 3.57. The minimum Gasteiger partial charge on any atom is -0.378 e. The van der Waals surface area contributed by atoms with E-state index in [-0.39, 0.29) is 18.4 Å². The summed E-state index contributed by atoms with van der Waals surface area (Å²) in [6.45, 7) is 2.31. The Balaban J connectivity index is 1.86. The number of halogens is 1. The molecular weight excluding hydrogens is 312 g/mol. The number of hydrogen-bond donors (Lipinski definition) is 1. The van der Waals surface area contributed by atoms with Crippen molar-refractivity contribution < 1.29 is 14.3 Å². The average Bonchev–Trinajstić information content (AvgIpc) is 2.46. The quantitative estimate of drug-likeness (QED) is 0.902. The fraction of sp³-hybridized carbons (Fsp3) is 0.385. The molecule has 0 spiro atoms. The fourth-order valence-electron chi connectivity index (χ4n) is 1.82. The van der Waals surface area contributed by atoms with Gasteiger partial charge < -0.3 is 15.0 Å². The van der Waals surface area contributed by atoms with Crippen LogP contribution < -0.4 is 5.32 Å². The predicted molar refractivity (Wildman–Crippen MR) is 73.9 cm³/mol. The van der Waals surface area contributed by atoms with Crippen LogP contribution in [-0.2, 0) is 9.53 Å². The molecule has 1 heterocycles. The largest absolute Gasteiger partial charge is 0.378 e. The lowest BCUT2D eigenvalue weighted by Crippen LogP contribution is -2.45. The molecule has 2 rings (SSSR count). The molecule has 0 saturated carbocycles. The summed E-state index contributed by atoms with van der Waals surface area (Å²) in [5.74, 6) is -0.335. The molecule has 1 aromatic carbocycles. The molecule has 1 N–H and O–H groups in total. The van der Waals surface area contributed by atoms with E-state index in [0.29, 0.717) is 36.3 Å². The second kappa shape index (κ2) is 6.68. The van der Waals surface area contributed by atoms with E-state index >= 15 is 0 Å². The van der Waals surface area contributed by atoms with Gasteiger partial charge in [-0.25, -0.2) is 0 Å². The zero-order valence-corrected chi connectivity index (χ0v) is 12.0. The summed E-state index contributed by atoms with van der Waals surface area (Å²) in [4.78, 5) is 25.5. The smallest absolute Gasteiger partial charge is 0.252 e. The van der Waals surface area contributed by atoms with Crippen LogP contribution in [0.1, 0.15) is 10.4 Å². The first-order chi connectivity index (χ1) is 9.18. The van der Waals surface area contributed by atoms with Crippen LogP contribution in [-0.4, -0.2) is 49.6 Å². The van der Waals surface area contributed by atoms with Crippen LogP contribution in [0.15, 0.2) is 28.7 Å². The molecule has 19 heavy (non-hydrogen) atoms. The highest BCUT2D eigenvalue weighted by Gasteiger charge is 2.18. The van der Waals surface area contributed by atoms with Crippen molar-refractivity contribution in [3.8, 4) is 0 Å². The van der Waals surface area contributed by atoms with E-state index < -0.39 is 0 Å². The number of ether oxygens (including phenoxy) is 1. The normalized spacial score (nSPS) is 15.1. The Morgan fingerprint density at radius 3 is 2.63 bits per heavy atom. The monoisotopic (exact) mass is 326 g/mol. The topological polar surface area (TPSA) is 58.6 Å². The Hall–Kier alpha value is -1.40. The third kappa shape index (κ3) is 3.78. The van der Waals surface area contributed by atoms with Gasteiger partial charge in [-0.15, -0.1) is 0 Å². The van der Waals surface area contributed by atoms with Gasteiger partial charge in [0.2, 0.25) is 5.91 Å². The van der Waals surface area contributed by atoms with Crippen molar-refractivity contribution in [3.63, 3.8) is 0 Å². The van der Waals surface area contributed by atoms with Crippen LogP contribution in [0.4, 0.5) is 0 Å². The maximum Gasteiger partial charge on any atom is 0.252 e. The van der Waals surface area contributed by atoms with Crippen molar-refractivity contribution in [1.29, 1.82) is 0 Å². The lowest BCUT2D eigenvalue weighted by Gasteiger charge is -2.26. The summed E-state index contributed by atoms with van der Waals surface area (Å²) in [6, 6.07) is 7.11. The van der Waals surface area contributed by atoms with Crippen LogP contribution in [0.3, 0.4) is 0 Å². The van der Waals surface area contributed by atoms with E-state index in [9.17, 15) is 9.59 Å². The first-order valence-electron chi connectivity index (χ1n) is 6.07. The molecule has 0 aromatic heterocycles. The Morgan fingerprint density at radius 2 is 1.95 bits per heavy atom. The highest BCUT2D eigenvalue weighted by molar-refractivity contribution is 9.10. The Bertz CT molecular complexity index is 473. The van der Waals surface area contributed by atoms with Crippen LogP contribution in [0, 0.1) is 0 Å². The van der Waals surface area contributed by atoms with Crippen LogP contribution in [0.2, 0.25) is 0 Å². The molecule has 1 saturated heterocycles. The van der Waals surface area contributed by atoms with Gasteiger partial charge in [0, 0.05) is 17.6 Å². The van der Waals surface area contributed by atoms with E-state index in [2.05, 4.69) is 21.2 Å². The highest BCUT2D eigenvalue weighted by Crippen LogP contribution is 2.15. The molecule has 0 bridgehead atoms. The van der Waals surface area contributed by atoms with Crippen molar-refractivity contribution in [3.05, 3.63) is 34.3 Å². The number of nitrogens with zero attached hydrogens (tertiary/aromatic N) is 1. The molecule has 6 heteroatoms. The first-order valence-corrected chi connectivity index (χ1v) is 6.86.